The second-order valence-electron chi connectivity index (χ2n) is 5.82. The lowest BCUT2D eigenvalue weighted by atomic mass is 10.0. The zero-order valence-corrected chi connectivity index (χ0v) is 14.7. The first-order valence-corrected chi connectivity index (χ1v) is 8.39. The Kier molecular flexibility index (Phi) is 5.74. The van der Waals surface area contributed by atoms with Crippen molar-refractivity contribution in [3.8, 4) is 0 Å². The molecule has 0 spiro atoms. The third kappa shape index (κ3) is 5.04. The van der Waals surface area contributed by atoms with E-state index in [1.807, 2.05) is 45.9 Å². The molecule has 0 saturated carbocycles. The van der Waals surface area contributed by atoms with Crippen molar-refractivity contribution in [3.63, 3.8) is 0 Å². The number of aryl methyl sites for hydroxylation is 3. The van der Waals surface area contributed by atoms with E-state index in [2.05, 4.69) is 15.6 Å². The van der Waals surface area contributed by atoms with Gasteiger partial charge in [-0.1, -0.05) is 29.3 Å². The minimum absolute atomic E-state index is 0.160. The highest BCUT2D eigenvalue weighted by molar-refractivity contribution is 7.11. The number of aliphatic hydroxyl groups is 1. The van der Waals surface area contributed by atoms with Crippen molar-refractivity contribution in [3.05, 3.63) is 51.0 Å². The number of urea groups is 1. The molecular formula is C17H23N3O2S. The third-order valence-electron chi connectivity index (χ3n) is 3.44. The van der Waals surface area contributed by atoms with E-state index in [-0.39, 0.29) is 18.6 Å². The SMILES string of the molecule is Cc1cc(C)cc([C@H](O)CNC(=O)N[C@H](C)c2ncc(C)s2)c1. The Balaban J connectivity index is 1.86. The number of carbonyl (C=O) groups is 1. The van der Waals surface area contributed by atoms with Gasteiger partial charge in [-0.25, -0.2) is 9.78 Å². The molecule has 5 nitrogen and oxygen atoms in total. The maximum Gasteiger partial charge on any atom is 0.315 e. The number of carbonyl (C=O) groups excluding carboxylic acids is 1. The van der Waals surface area contributed by atoms with Gasteiger partial charge in [0.15, 0.2) is 0 Å². The number of thiazole rings is 1. The maximum absolute atomic E-state index is 11.9. The Labute approximate surface area is 140 Å². The molecule has 3 N–H and O–H groups in total. The number of benzene rings is 1. The molecule has 2 amide bonds. The van der Waals surface area contributed by atoms with Gasteiger partial charge in [0.25, 0.3) is 0 Å². The van der Waals surface area contributed by atoms with E-state index in [0.717, 1.165) is 26.6 Å². The van der Waals surface area contributed by atoms with Crippen LogP contribution in [0.15, 0.2) is 24.4 Å². The van der Waals surface area contributed by atoms with Crippen molar-refractivity contribution >= 4 is 17.4 Å². The first-order chi connectivity index (χ1) is 10.8. The standard InChI is InChI=1S/C17H23N3O2S/c1-10-5-11(2)7-14(6-10)15(21)9-19-17(22)20-13(4)16-18-8-12(3)23-16/h5-8,13,15,21H,9H2,1-4H3,(H2,19,20,22)/t13-,15-/m1/s1. The second kappa shape index (κ2) is 7.57. The molecule has 2 atom stereocenters. The zero-order valence-electron chi connectivity index (χ0n) is 13.9. The fourth-order valence-corrected chi connectivity index (χ4v) is 3.17. The number of amides is 2. The predicted octanol–water partition coefficient (Wildman–Crippen LogP) is 3.16. The van der Waals surface area contributed by atoms with E-state index < -0.39 is 6.10 Å². The third-order valence-corrected chi connectivity index (χ3v) is 4.54. The smallest absolute Gasteiger partial charge is 0.315 e. The molecule has 1 aromatic heterocycles. The molecule has 0 fully saturated rings. The molecule has 0 saturated heterocycles. The fraction of sp³-hybridized carbons (Fsp3) is 0.412. The van der Waals surface area contributed by atoms with Crippen LogP contribution in [0.25, 0.3) is 0 Å². The van der Waals surface area contributed by atoms with Gasteiger partial charge < -0.3 is 15.7 Å². The van der Waals surface area contributed by atoms with Crippen LogP contribution in [-0.2, 0) is 0 Å². The molecule has 1 heterocycles. The number of hydrogen-bond acceptors (Lipinski definition) is 4. The van der Waals surface area contributed by atoms with Gasteiger partial charge in [0.2, 0.25) is 0 Å². The first-order valence-electron chi connectivity index (χ1n) is 7.58. The zero-order chi connectivity index (χ0) is 17.0. The minimum atomic E-state index is -0.725. The van der Waals surface area contributed by atoms with Gasteiger partial charge in [0.05, 0.1) is 12.1 Å². The summed E-state index contributed by atoms with van der Waals surface area (Å²) >= 11 is 1.56. The molecule has 0 radical (unpaired) electrons. The molecule has 2 rings (SSSR count). The van der Waals surface area contributed by atoms with E-state index in [9.17, 15) is 9.90 Å². The van der Waals surface area contributed by atoms with Gasteiger partial charge in [-0.05, 0) is 33.3 Å². The van der Waals surface area contributed by atoms with E-state index in [4.69, 9.17) is 0 Å². The van der Waals surface area contributed by atoms with Gasteiger partial charge in [0.1, 0.15) is 5.01 Å². The maximum atomic E-state index is 11.9. The van der Waals surface area contributed by atoms with Crippen molar-refractivity contribution in [1.29, 1.82) is 0 Å². The lowest BCUT2D eigenvalue weighted by Gasteiger charge is -2.16. The van der Waals surface area contributed by atoms with Crippen LogP contribution < -0.4 is 10.6 Å². The average molecular weight is 333 g/mol. The van der Waals surface area contributed by atoms with Crippen LogP contribution in [0.2, 0.25) is 0 Å². The molecule has 2 aromatic rings. The minimum Gasteiger partial charge on any atom is -0.387 e. The Morgan fingerprint density at radius 1 is 1.26 bits per heavy atom. The van der Waals surface area contributed by atoms with Gasteiger partial charge in [-0.15, -0.1) is 11.3 Å². The molecule has 0 aliphatic heterocycles. The van der Waals surface area contributed by atoms with E-state index in [1.54, 1.807) is 17.5 Å². The van der Waals surface area contributed by atoms with E-state index in [0.29, 0.717) is 0 Å². The van der Waals surface area contributed by atoms with Gasteiger partial charge >= 0.3 is 6.03 Å². The van der Waals surface area contributed by atoms with Crippen molar-refractivity contribution < 1.29 is 9.90 Å². The first kappa shape index (κ1) is 17.4. The summed E-state index contributed by atoms with van der Waals surface area (Å²) in [4.78, 5) is 17.3. The predicted molar refractivity (Wildman–Crippen MR) is 92.7 cm³/mol. The average Bonchev–Trinajstić information content (AvgIpc) is 2.90. The van der Waals surface area contributed by atoms with Crippen molar-refractivity contribution in [1.82, 2.24) is 15.6 Å². The summed E-state index contributed by atoms with van der Waals surface area (Å²) in [5.74, 6) is 0. The highest BCUT2D eigenvalue weighted by Crippen LogP contribution is 2.19. The van der Waals surface area contributed by atoms with Gasteiger partial charge in [0, 0.05) is 17.6 Å². The Bertz CT molecular complexity index is 664. The molecule has 124 valence electrons. The number of hydrogen-bond donors (Lipinski definition) is 3. The van der Waals surface area contributed by atoms with Crippen molar-refractivity contribution in [2.75, 3.05) is 6.54 Å². The van der Waals surface area contributed by atoms with Crippen LogP contribution in [0.3, 0.4) is 0 Å². The van der Waals surface area contributed by atoms with Crippen LogP contribution in [0.5, 0.6) is 0 Å². The highest BCUT2D eigenvalue weighted by Gasteiger charge is 2.14. The Morgan fingerprint density at radius 2 is 1.91 bits per heavy atom. The number of nitrogens with one attached hydrogen (secondary N) is 2. The Hall–Kier alpha value is -1.92. The summed E-state index contributed by atoms with van der Waals surface area (Å²) in [5, 5.41) is 16.6. The number of aliphatic hydroxyl groups excluding tert-OH is 1. The molecule has 0 bridgehead atoms. The normalized spacial score (nSPS) is 13.4. The van der Waals surface area contributed by atoms with Crippen LogP contribution in [0.1, 0.15) is 45.6 Å². The lowest BCUT2D eigenvalue weighted by molar-refractivity contribution is 0.172. The van der Waals surface area contributed by atoms with E-state index in [1.165, 1.54) is 0 Å². The van der Waals surface area contributed by atoms with Crippen molar-refractivity contribution in [2.24, 2.45) is 0 Å². The van der Waals surface area contributed by atoms with Crippen LogP contribution in [-0.4, -0.2) is 22.7 Å². The molecular weight excluding hydrogens is 310 g/mol. The van der Waals surface area contributed by atoms with E-state index >= 15 is 0 Å². The summed E-state index contributed by atoms with van der Waals surface area (Å²) in [6.07, 6.45) is 1.07. The second-order valence-corrected chi connectivity index (χ2v) is 7.09. The number of aromatic nitrogens is 1. The number of rotatable bonds is 5. The summed E-state index contributed by atoms with van der Waals surface area (Å²) in [6.45, 7) is 8.01. The summed E-state index contributed by atoms with van der Waals surface area (Å²) in [7, 11) is 0. The summed E-state index contributed by atoms with van der Waals surface area (Å²) in [6, 6.07) is 5.44. The Morgan fingerprint density at radius 3 is 2.48 bits per heavy atom. The van der Waals surface area contributed by atoms with Crippen molar-refractivity contribution in [2.45, 2.75) is 39.8 Å². The quantitative estimate of drug-likeness (QED) is 0.787. The molecule has 0 aliphatic carbocycles. The van der Waals surface area contributed by atoms with Gasteiger partial charge in [-0.2, -0.15) is 0 Å². The summed E-state index contributed by atoms with van der Waals surface area (Å²) < 4.78 is 0. The molecule has 0 aliphatic rings. The fourth-order valence-electron chi connectivity index (χ4n) is 2.39. The monoisotopic (exact) mass is 333 g/mol. The molecule has 23 heavy (non-hydrogen) atoms. The largest absolute Gasteiger partial charge is 0.387 e. The highest BCUT2D eigenvalue weighted by atomic mass is 32.1. The number of nitrogens with zero attached hydrogens (tertiary/aromatic N) is 1. The van der Waals surface area contributed by atoms with Crippen LogP contribution in [0.4, 0.5) is 4.79 Å². The lowest BCUT2D eigenvalue weighted by Crippen LogP contribution is -2.39. The van der Waals surface area contributed by atoms with Gasteiger partial charge in [-0.3, -0.25) is 0 Å². The molecule has 0 unspecified atom stereocenters. The van der Waals surface area contributed by atoms with Crippen LogP contribution in [0, 0.1) is 20.8 Å². The summed E-state index contributed by atoms with van der Waals surface area (Å²) in [5.41, 5.74) is 3.00. The van der Waals surface area contributed by atoms with Crippen LogP contribution >= 0.6 is 11.3 Å². The molecule has 6 heteroatoms. The topological polar surface area (TPSA) is 74.2 Å². The molecule has 1 aromatic carbocycles.